The summed E-state index contributed by atoms with van der Waals surface area (Å²) < 4.78 is 1.46. The summed E-state index contributed by atoms with van der Waals surface area (Å²) in [6, 6.07) is 10.2. The van der Waals surface area contributed by atoms with Gasteiger partial charge in [-0.05, 0) is 52.3 Å². The van der Waals surface area contributed by atoms with Crippen molar-refractivity contribution in [3.8, 4) is 0 Å². The molecule has 0 unspecified atom stereocenters. The summed E-state index contributed by atoms with van der Waals surface area (Å²) in [5, 5.41) is 3.79. The van der Waals surface area contributed by atoms with Crippen molar-refractivity contribution in [2.75, 3.05) is 5.32 Å². The zero-order valence-electron chi connectivity index (χ0n) is 9.38. The molecule has 1 amide bonds. The fourth-order valence-corrected chi connectivity index (χ4v) is 2.85. The third-order valence-corrected chi connectivity index (χ3v) is 4.07. The maximum atomic E-state index is 12.2. The highest BCUT2D eigenvalue weighted by atomic mass is 79.9. The van der Waals surface area contributed by atoms with E-state index < -0.39 is 0 Å². The molecule has 0 spiro atoms. The maximum Gasteiger partial charge on any atom is 0.256 e. The molecule has 2 aromatic carbocycles. The van der Waals surface area contributed by atoms with E-state index in [0.29, 0.717) is 25.8 Å². The molecule has 0 heterocycles. The van der Waals surface area contributed by atoms with Crippen LogP contribution in [0, 0.1) is 0 Å². The monoisotopic (exact) mass is 421 g/mol. The van der Waals surface area contributed by atoms with Crippen LogP contribution in [0.5, 0.6) is 0 Å². The highest BCUT2D eigenvalue weighted by Crippen LogP contribution is 2.27. The first-order chi connectivity index (χ1) is 8.97. The molecule has 2 nitrogen and oxygen atoms in total. The molecule has 0 saturated carbocycles. The fraction of sp³-hybridized carbons (Fsp3) is 0. The summed E-state index contributed by atoms with van der Waals surface area (Å²) >= 11 is 18.5. The molecule has 19 heavy (non-hydrogen) atoms. The van der Waals surface area contributed by atoms with Gasteiger partial charge in [0, 0.05) is 14.0 Å². The third kappa shape index (κ3) is 3.72. The van der Waals surface area contributed by atoms with Gasteiger partial charge in [0.05, 0.1) is 16.3 Å². The molecule has 0 bridgehead atoms. The molecule has 1 N–H and O–H groups in total. The van der Waals surface area contributed by atoms with Crippen LogP contribution in [0.1, 0.15) is 10.4 Å². The first-order valence-corrected chi connectivity index (χ1v) is 7.53. The molecular formula is C13H7Br2Cl2NO. The highest BCUT2D eigenvalue weighted by Gasteiger charge is 2.12. The Hall–Kier alpha value is -0.550. The summed E-state index contributed by atoms with van der Waals surface area (Å²) in [7, 11) is 0. The number of halogens is 4. The van der Waals surface area contributed by atoms with E-state index in [0.717, 1.165) is 4.47 Å². The van der Waals surface area contributed by atoms with Crippen LogP contribution in [-0.4, -0.2) is 5.91 Å². The van der Waals surface area contributed by atoms with Gasteiger partial charge in [-0.15, -0.1) is 0 Å². The van der Waals surface area contributed by atoms with Crippen molar-refractivity contribution in [2.24, 2.45) is 0 Å². The molecule has 0 radical (unpaired) electrons. The van der Waals surface area contributed by atoms with Gasteiger partial charge in [0.1, 0.15) is 0 Å². The molecule has 0 aliphatic carbocycles. The number of anilines is 1. The van der Waals surface area contributed by atoms with E-state index in [1.807, 2.05) is 0 Å². The largest absolute Gasteiger partial charge is 0.321 e. The second-order valence-corrected chi connectivity index (χ2v) is 6.32. The van der Waals surface area contributed by atoms with Crippen LogP contribution in [0.4, 0.5) is 5.69 Å². The Labute approximate surface area is 137 Å². The lowest BCUT2D eigenvalue weighted by atomic mass is 10.2. The van der Waals surface area contributed by atoms with Crippen molar-refractivity contribution in [2.45, 2.75) is 0 Å². The van der Waals surface area contributed by atoms with Gasteiger partial charge in [-0.2, -0.15) is 0 Å². The van der Waals surface area contributed by atoms with Crippen molar-refractivity contribution in [1.82, 2.24) is 0 Å². The Morgan fingerprint density at radius 1 is 1.05 bits per heavy atom. The molecule has 0 fully saturated rings. The lowest BCUT2D eigenvalue weighted by Crippen LogP contribution is -2.12. The second-order valence-electron chi connectivity index (χ2n) is 3.70. The van der Waals surface area contributed by atoms with Gasteiger partial charge >= 0.3 is 0 Å². The molecule has 0 aliphatic rings. The van der Waals surface area contributed by atoms with Crippen molar-refractivity contribution in [1.29, 1.82) is 0 Å². The van der Waals surface area contributed by atoms with Gasteiger partial charge in [-0.1, -0.05) is 39.1 Å². The molecule has 0 saturated heterocycles. The zero-order valence-corrected chi connectivity index (χ0v) is 14.1. The van der Waals surface area contributed by atoms with Crippen LogP contribution in [0.3, 0.4) is 0 Å². The SMILES string of the molecule is O=C(Nc1cc(Br)ccc1Cl)c1ccc(Cl)cc1Br. The lowest BCUT2D eigenvalue weighted by molar-refractivity contribution is 0.102. The summed E-state index contributed by atoms with van der Waals surface area (Å²) in [6.07, 6.45) is 0. The minimum atomic E-state index is -0.261. The average molecular weight is 424 g/mol. The molecule has 0 aromatic heterocycles. The minimum absolute atomic E-state index is 0.261. The Kier molecular flexibility index (Phi) is 4.90. The molecule has 2 rings (SSSR count). The van der Waals surface area contributed by atoms with Crippen LogP contribution in [0.25, 0.3) is 0 Å². The molecule has 2 aromatic rings. The Morgan fingerprint density at radius 2 is 1.79 bits per heavy atom. The number of benzene rings is 2. The summed E-state index contributed by atoms with van der Waals surface area (Å²) in [5.41, 5.74) is 1.03. The number of nitrogens with one attached hydrogen (secondary N) is 1. The first kappa shape index (κ1) is 14.9. The predicted octanol–water partition coefficient (Wildman–Crippen LogP) is 5.77. The normalized spacial score (nSPS) is 10.3. The lowest BCUT2D eigenvalue weighted by Gasteiger charge is -2.09. The molecule has 98 valence electrons. The van der Waals surface area contributed by atoms with Crippen LogP contribution in [0.15, 0.2) is 45.3 Å². The first-order valence-electron chi connectivity index (χ1n) is 5.19. The third-order valence-electron chi connectivity index (χ3n) is 2.35. The average Bonchev–Trinajstić information content (AvgIpc) is 2.33. The van der Waals surface area contributed by atoms with Gasteiger partial charge in [0.2, 0.25) is 0 Å². The van der Waals surface area contributed by atoms with Crippen molar-refractivity contribution in [3.05, 3.63) is 61.0 Å². The number of hydrogen-bond donors (Lipinski definition) is 1. The smallest absolute Gasteiger partial charge is 0.256 e. The van der Waals surface area contributed by atoms with Gasteiger partial charge in [0.25, 0.3) is 5.91 Å². The van der Waals surface area contributed by atoms with Crippen LogP contribution in [-0.2, 0) is 0 Å². The summed E-state index contributed by atoms with van der Waals surface area (Å²) in [5.74, 6) is -0.261. The number of rotatable bonds is 2. The molecule has 0 atom stereocenters. The fourth-order valence-electron chi connectivity index (χ4n) is 1.46. The van der Waals surface area contributed by atoms with E-state index in [9.17, 15) is 4.79 Å². The quantitative estimate of drug-likeness (QED) is 0.652. The van der Waals surface area contributed by atoms with Crippen molar-refractivity contribution >= 4 is 66.7 Å². The minimum Gasteiger partial charge on any atom is -0.321 e. The van der Waals surface area contributed by atoms with E-state index in [2.05, 4.69) is 37.2 Å². The van der Waals surface area contributed by atoms with E-state index >= 15 is 0 Å². The number of carbonyl (C=O) groups is 1. The Morgan fingerprint density at radius 3 is 2.47 bits per heavy atom. The van der Waals surface area contributed by atoms with Crippen LogP contribution < -0.4 is 5.32 Å². The Bertz CT molecular complexity index is 647. The topological polar surface area (TPSA) is 29.1 Å². The van der Waals surface area contributed by atoms with Crippen LogP contribution >= 0.6 is 55.1 Å². The van der Waals surface area contributed by atoms with E-state index in [1.165, 1.54) is 0 Å². The van der Waals surface area contributed by atoms with Gasteiger partial charge in [-0.25, -0.2) is 0 Å². The van der Waals surface area contributed by atoms with E-state index in [-0.39, 0.29) is 5.91 Å². The van der Waals surface area contributed by atoms with Crippen molar-refractivity contribution in [3.63, 3.8) is 0 Å². The van der Waals surface area contributed by atoms with E-state index in [4.69, 9.17) is 23.2 Å². The number of carbonyl (C=O) groups excluding carboxylic acids is 1. The van der Waals surface area contributed by atoms with Gasteiger partial charge in [-0.3, -0.25) is 4.79 Å². The molecule has 0 aliphatic heterocycles. The standard InChI is InChI=1S/C13H7Br2Cl2NO/c14-7-1-4-11(17)12(5-7)18-13(19)9-3-2-8(16)6-10(9)15/h1-6H,(H,18,19). The molecular weight excluding hydrogens is 417 g/mol. The van der Waals surface area contributed by atoms with E-state index in [1.54, 1.807) is 36.4 Å². The summed E-state index contributed by atoms with van der Waals surface area (Å²) in [6.45, 7) is 0. The second kappa shape index (κ2) is 6.27. The molecule has 6 heteroatoms. The zero-order chi connectivity index (χ0) is 14.0. The maximum absolute atomic E-state index is 12.2. The number of hydrogen-bond acceptors (Lipinski definition) is 1. The van der Waals surface area contributed by atoms with Gasteiger partial charge < -0.3 is 5.32 Å². The van der Waals surface area contributed by atoms with Crippen molar-refractivity contribution < 1.29 is 4.79 Å². The highest BCUT2D eigenvalue weighted by molar-refractivity contribution is 9.10. The summed E-state index contributed by atoms with van der Waals surface area (Å²) in [4.78, 5) is 12.2. The predicted molar refractivity (Wildman–Crippen MR) is 86.3 cm³/mol. The van der Waals surface area contributed by atoms with Crippen LogP contribution in [0.2, 0.25) is 10.0 Å². The number of amides is 1. The Balaban J connectivity index is 2.28. The van der Waals surface area contributed by atoms with Gasteiger partial charge in [0.15, 0.2) is 0 Å².